The van der Waals surface area contributed by atoms with Gasteiger partial charge in [0, 0.05) is 29.0 Å². The lowest BCUT2D eigenvalue weighted by Gasteiger charge is -2.15. The monoisotopic (exact) mass is 442 g/mol. The number of nitrogens with one attached hydrogen (secondary N) is 1. The summed E-state index contributed by atoms with van der Waals surface area (Å²) >= 11 is 1.55. The van der Waals surface area contributed by atoms with Crippen molar-refractivity contribution in [3.05, 3.63) is 94.6 Å². The second-order valence-corrected chi connectivity index (χ2v) is 8.64. The Morgan fingerprint density at radius 1 is 1.00 bits per heavy atom. The third kappa shape index (κ3) is 4.09. The first kappa shape index (κ1) is 20.3. The largest absolute Gasteiger partial charge is 0.493 e. The van der Waals surface area contributed by atoms with Crippen LogP contribution in [0.5, 0.6) is 11.5 Å². The van der Waals surface area contributed by atoms with Crippen LogP contribution < -0.4 is 14.8 Å². The van der Waals surface area contributed by atoms with Gasteiger partial charge in [-0.15, -0.1) is 11.3 Å². The molecule has 160 valence electrons. The van der Waals surface area contributed by atoms with Crippen LogP contribution in [0.25, 0.3) is 10.4 Å². The molecular formula is C26H22N2O3S. The molecule has 1 N–H and O–H groups in total. The lowest BCUT2D eigenvalue weighted by molar-refractivity contribution is 0.103. The summed E-state index contributed by atoms with van der Waals surface area (Å²) in [5.74, 6) is 1.06. The number of ether oxygens (including phenoxy) is 2. The Balaban J connectivity index is 1.34. The molecule has 0 radical (unpaired) electrons. The number of nitrogens with zero attached hydrogens (tertiary/aromatic N) is 1. The Hall–Kier alpha value is -3.64. The van der Waals surface area contributed by atoms with E-state index in [9.17, 15) is 4.79 Å². The van der Waals surface area contributed by atoms with Crippen molar-refractivity contribution in [1.82, 2.24) is 4.98 Å². The number of benzene rings is 2. The van der Waals surface area contributed by atoms with Crippen LogP contribution >= 0.6 is 11.3 Å². The number of hydrogen-bond donors (Lipinski definition) is 1. The Labute approximate surface area is 190 Å². The van der Waals surface area contributed by atoms with Crippen LogP contribution in [0.1, 0.15) is 26.4 Å². The molecule has 0 unspecified atom stereocenters. The highest BCUT2D eigenvalue weighted by molar-refractivity contribution is 7.17. The Morgan fingerprint density at radius 2 is 1.81 bits per heavy atom. The van der Waals surface area contributed by atoms with Crippen LogP contribution in [0.15, 0.2) is 73.1 Å². The van der Waals surface area contributed by atoms with Gasteiger partial charge in [0.25, 0.3) is 5.91 Å². The van der Waals surface area contributed by atoms with E-state index in [2.05, 4.69) is 34.6 Å². The summed E-state index contributed by atoms with van der Waals surface area (Å²) < 4.78 is 11.4. The minimum absolute atomic E-state index is 0.118. The highest BCUT2D eigenvalue weighted by Crippen LogP contribution is 2.40. The molecule has 0 fully saturated rings. The molecule has 6 heteroatoms. The predicted molar refractivity (Wildman–Crippen MR) is 127 cm³/mol. The van der Waals surface area contributed by atoms with Gasteiger partial charge in [-0.1, -0.05) is 24.3 Å². The summed E-state index contributed by atoms with van der Waals surface area (Å²) in [6.45, 7) is 0.382. The van der Waals surface area contributed by atoms with E-state index >= 15 is 0 Å². The molecule has 0 bridgehead atoms. The topological polar surface area (TPSA) is 60.5 Å². The minimum atomic E-state index is -0.118. The number of fused-ring (bicyclic) bond motifs is 3. The van der Waals surface area contributed by atoms with Crippen molar-refractivity contribution in [2.24, 2.45) is 0 Å². The molecule has 5 rings (SSSR count). The third-order valence-electron chi connectivity index (χ3n) is 5.52. The molecule has 2 heterocycles. The van der Waals surface area contributed by atoms with Crippen molar-refractivity contribution < 1.29 is 14.3 Å². The van der Waals surface area contributed by atoms with Gasteiger partial charge in [-0.2, -0.15) is 0 Å². The van der Waals surface area contributed by atoms with Crippen molar-refractivity contribution in [3.63, 3.8) is 0 Å². The van der Waals surface area contributed by atoms with E-state index in [1.165, 1.54) is 21.6 Å². The zero-order valence-electron chi connectivity index (χ0n) is 17.6. The van der Waals surface area contributed by atoms with Crippen LogP contribution in [0.4, 0.5) is 5.69 Å². The van der Waals surface area contributed by atoms with Crippen molar-refractivity contribution in [2.45, 2.75) is 19.4 Å². The number of pyridine rings is 1. The van der Waals surface area contributed by atoms with E-state index in [-0.39, 0.29) is 5.91 Å². The first-order valence-corrected chi connectivity index (χ1v) is 11.2. The molecule has 0 aliphatic heterocycles. The van der Waals surface area contributed by atoms with Crippen LogP contribution in [-0.2, 0) is 19.4 Å². The maximum Gasteiger partial charge on any atom is 0.265 e. The second kappa shape index (κ2) is 8.85. The van der Waals surface area contributed by atoms with Crippen LogP contribution in [-0.4, -0.2) is 18.0 Å². The predicted octanol–water partition coefficient (Wildman–Crippen LogP) is 5.75. The van der Waals surface area contributed by atoms with E-state index in [0.717, 1.165) is 18.4 Å². The fraction of sp³-hybridized carbons (Fsp3) is 0.154. The number of anilines is 1. The highest BCUT2D eigenvalue weighted by Gasteiger charge is 2.21. The Kier molecular flexibility index (Phi) is 5.60. The molecule has 5 nitrogen and oxygen atoms in total. The first-order chi connectivity index (χ1) is 15.7. The Morgan fingerprint density at radius 3 is 2.66 bits per heavy atom. The maximum atomic E-state index is 13.0. The van der Waals surface area contributed by atoms with E-state index in [0.29, 0.717) is 28.7 Å². The SMILES string of the molecule is COc1ccc(NC(=O)c2cc3c(s2)-c2ccccc2CC3)cc1OCc1ccncc1. The summed E-state index contributed by atoms with van der Waals surface area (Å²) in [6, 6.07) is 19.7. The van der Waals surface area contributed by atoms with Crippen LogP contribution in [0.3, 0.4) is 0 Å². The van der Waals surface area contributed by atoms with Gasteiger partial charge in [0.05, 0.1) is 12.0 Å². The smallest absolute Gasteiger partial charge is 0.265 e. The van der Waals surface area contributed by atoms with Gasteiger partial charge in [0.2, 0.25) is 0 Å². The summed E-state index contributed by atoms with van der Waals surface area (Å²) in [4.78, 5) is 18.9. The van der Waals surface area contributed by atoms with Crippen LogP contribution in [0.2, 0.25) is 0 Å². The number of thiophene rings is 1. The number of methoxy groups -OCH3 is 1. The van der Waals surface area contributed by atoms with Crippen molar-refractivity contribution >= 4 is 22.9 Å². The molecule has 32 heavy (non-hydrogen) atoms. The van der Waals surface area contributed by atoms with E-state index in [1.807, 2.05) is 24.3 Å². The van der Waals surface area contributed by atoms with Crippen molar-refractivity contribution in [3.8, 4) is 21.9 Å². The molecule has 1 aliphatic carbocycles. The molecule has 0 spiro atoms. The number of carbonyl (C=O) groups is 1. The third-order valence-corrected chi connectivity index (χ3v) is 6.73. The van der Waals surface area contributed by atoms with Gasteiger partial charge >= 0.3 is 0 Å². The number of hydrogen-bond acceptors (Lipinski definition) is 5. The number of rotatable bonds is 6. The fourth-order valence-corrected chi connectivity index (χ4v) is 5.05. The van der Waals surface area contributed by atoms with Gasteiger partial charge in [0.15, 0.2) is 11.5 Å². The number of amides is 1. The van der Waals surface area contributed by atoms with E-state index in [1.54, 1.807) is 43.0 Å². The normalized spacial score (nSPS) is 11.9. The lowest BCUT2D eigenvalue weighted by Crippen LogP contribution is -2.10. The fourth-order valence-electron chi connectivity index (χ4n) is 3.88. The van der Waals surface area contributed by atoms with Gasteiger partial charge < -0.3 is 14.8 Å². The first-order valence-electron chi connectivity index (χ1n) is 10.4. The lowest BCUT2D eigenvalue weighted by atomic mass is 9.91. The summed E-state index contributed by atoms with van der Waals surface area (Å²) in [7, 11) is 1.60. The van der Waals surface area contributed by atoms with Gasteiger partial charge in [-0.3, -0.25) is 9.78 Å². The molecule has 1 aliphatic rings. The average molecular weight is 443 g/mol. The van der Waals surface area contributed by atoms with Gasteiger partial charge in [-0.25, -0.2) is 0 Å². The standard InChI is InChI=1S/C26H22N2O3S/c1-30-22-9-8-20(15-23(22)31-16-17-10-12-27-13-11-17)28-26(29)24-14-19-7-6-18-4-2-3-5-21(18)25(19)32-24/h2-5,8-15H,6-7,16H2,1H3,(H,28,29). The molecule has 1 amide bonds. The van der Waals surface area contributed by atoms with Crippen LogP contribution in [0, 0.1) is 0 Å². The highest BCUT2D eigenvalue weighted by atomic mass is 32.1. The summed E-state index contributed by atoms with van der Waals surface area (Å²) in [6.07, 6.45) is 5.43. The molecule has 2 aromatic carbocycles. The maximum absolute atomic E-state index is 13.0. The Bertz CT molecular complexity index is 1270. The zero-order chi connectivity index (χ0) is 21.9. The van der Waals surface area contributed by atoms with Crippen molar-refractivity contribution in [2.75, 3.05) is 12.4 Å². The minimum Gasteiger partial charge on any atom is -0.493 e. The number of aromatic nitrogens is 1. The molecular weight excluding hydrogens is 420 g/mol. The van der Waals surface area contributed by atoms with E-state index < -0.39 is 0 Å². The molecule has 0 saturated carbocycles. The number of carbonyl (C=O) groups excluding carboxylic acids is 1. The van der Waals surface area contributed by atoms with E-state index in [4.69, 9.17) is 9.47 Å². The average Bonchev–Trinajstić information content (AvgIpc) is 3.29. The molecule has 4 aromatic rings. The number of aryl methyl sites for hydroxylation is 2. The zero-order valence-corrected chi connectivity index (χ0v) is 18.4. The summed E-state index contributed by atoms with van der Waals surface area (Å²) in [5.41, 5.74) is 5.50. The molecule has 0 atom stereocenters. The van der Waals surface area contributed by atoms with Crippen molar-refractivity contribution in [1.29, 1.82) is 0 Å². The van der Waals surface area contributed by atoms with Gasteiger partial charge in [-0.05, 0) is 65.4 Å². The quantitative estimate of drug-likeness (QED) is 0.413. The molecule has 0 saturated heterocycles. The van der Waals surface area contributed by atoms with Gasteiger partial charge in [0.1, 0.15) is 6.61 Å². The summed E-state index contributed by atoms with van der Waals surface area (Å²) in [5, 5.41) is 3.01. The molecule has 2 aromatic heterocycles. The second-order valence-electron chi connectivity index (χ2n) is 7.59.